The van der Waals surface area contributed by atoms with Gasteiger partial charge in [-0.3, -0.25) is 14.5 Å². The summed E-state index contributed by atoms with van der Waals surface area (Å²) in [5.41, 5.74) is 8.06. The molecule has 108 valence electrons. The molecule has 0 saturated carbocycles. The molecule has 0 aromatic heterocycles. The smallest absolute Gasteiger partial charge is 0.238 e. The van der Waals surface area contributed by atoms with Gasteiger partial charge >= 0.3 is 0 Å². The number of nitrogen functional groups attached to an aromatic ring is 1. The largest absolute Gasteiger partial charge is 0.397 e. The highest BCUT2D eigenvalue weighted by atomic mass is 16.2. The number of hydrogen-bond donors (Lipinski definition) is 3. The molecule has 1 aromatic carbocycles. The highest BCUT2D eigenvalue weighted by molar-refractivity contribution is 5.95. The number of benzene rings is 1. The number of amides is 2. The fourth-order valence-electron chi connectivity index (χ4n) is 2.19. The monoisotopic (exact) mass is 276 g/mol. The maximum absolute atomic E-state index is 12.0. The summed E-state index contributed by atoms with van der Waals surface area (Å²) in [7, 11) is 0. The van der Waals surface area contributed by atoms with Gasteiger partial charge in [0.05, 0.1) is 24.5 Å². The minimum atomic E-state index is -0.157. The third-order valence-electron chi connectivity index (χ3n) is 3.19. The third kappa shape index (κ3) is 3.96. The Bertz CT molecular complexity index is 516. The van der Waals surface area contributed by atoms with Crippen LogP contribution in [0.15, 0.2) is 18.2 Å². The van der Waals surface area contributed by atoms with Crippen LogP contribution in [-0.4, -0.2) is 42.9 Å². The quantitative estimate of drug-likeness (QED) is 0.695. The Morgan fingerprint density at radius 1 is 1.50 bits per heavy atom. The van der Waals surface area contributed by atoms with Gasteiger partial charge < -0.3 is 16.4 Å². The first kappa shape index (κ1) is 14.3. The number of anilines is 2. The summed E-state index contributed by atoms with van der Waals surface area (Å²) < 4.78 is 0. The van der Waals surface area contributed by atoms with E-state index < -0.39 is 0 Å². The molecule has 4 N–H and O–H groups in total. The molecule has 2 amide bonds. The molecule has 1 heterocycles. The zero-order valence-corrected chi connectivity index (χ0v) is 11.6. The average molecular weight is 276 g/mol. The Morgan fingerprint density at radius 2 is 2.30 bits per heavy atom. The van der Waals surface area contributed by atoms with Gasteiger partial charge in [0.2, 0.25) is 11.8 Å². The lowest BCUT2D eigenvalue weighted by atomic mass is 10.2. The SMILES string of the molecule is Cc1ccc(NC(=O)CN2CCCNC(=O)C2)c(N)c1. The predicted molar refractivity (Wildman–Crippen MR) is 78.3 cm³/mol. The van der Waals surface area contributed by atoms with E-state index in [-0.39, 0.29) is 24.9 Å². The van der Waals surface area contributed by atoms with Crippen molar-refractivity contribution in [2.75, 3.05) is 37.2 Å². The lowest BCUT2D eigenvalue weighted by molar-refractivity contribution is -0.122. The van der Waals surface area contributed by atoms with Gasteiger partial charge in [-0.15, -0.1) is 0 Å². The highest BCUT2D eigenvalue weighted by Crippen LogP contribution is 2.19. The molecule has 1 aromatic rings. The summed E-state index contributed by atoms with van der Waals surface area (Å²) in [4.78, 5) is 25.3. The maximum Gasteiger partial charge on any atom is 0.238 e. The molecule has 2 rings (SSSR count). The second kappa shape index (κ2) is 6.38. The number of carbonyl (C=O) groups is 2. The Balaban J connectivity index is 1.93. The third-order valence-corrected chi connectivity index (χ3v) is 3.19. The minimum Gasteiger partial charge on any atom is -0.397 e. The van der Waals surface area contributed by atoms with Gasteiger partial charge in [-0.2, -0.15) is 0 Å². The zero-order chi connectivity index (χ0) is 14.5. The summed E-state index contributed by atoms with van der Waals surface area (Å²) in [5, 5.41) is 5.56. The van der Waals surface area contributed by atoms with Crippen LogP contribution in [0.1, 0.15) is 12.0 Å². The van der Waals surface area contributed by atoms with Gasteiger partial charge in [0, 0.05) is 13.1 Å². The number of aryl methyl sites for hydroxylation is 1. The molecule has 0 aliphatic carbocycles. The molecule has 0 atom stereocenters. The van der Waals surface area contributed by atoms with Gasteiger partial charge in [-0.1, -0.05) is 6.07 Å². The van der Waals surface area contributed by atoms with Crippen LogP contribution in [0, 0.1) is 6.92 Å². The Hall–Kier alpha value is -2.08. The number of carbonyl (C=O) groups excluding carboxylic acids is 2. The first-order valence-electron chi connectivity index (χ1n) is 6.69. The number of rotatable bonds is 3. The molecular formula is C14H20N4O2. The Kier molecular flexibility index (Phi) is 4.57. The van der Waals surface area contributed by atoms with Gasteiger partial charge in [-0.05, 0) is 31.0 Å². The first-order valence-corrected chi connectivity index (χ1v) is 6.69. The van der Waals surface area contributed by atoms with Crippen molar-refractivity contribution in [1.82, 2.24) is 10.2 Å². The van der Waals surface area contributed by atoms with E-state index in [9.17, 15) is 9.59 Å². The fourth-order valence-corrected chi connectivity index (χ4v) is 2.19. The van der Waals surface area contributed by atoms with Crippen molar-refractivity contribution in [1.29, 1.82) is 0 Å². The van der Waals surface area contributed by atoms with Gasteiger partial charge in [0.25, 0.3) is 0 Å². The second-order valence-corrected chi connectivity index (χ2v) is 5.05. The Labute approximate surface area is 118 Å². The summed E-state index contributed by atoms with van der Waals surface area (Å²) in [6.45, 7) is 3.80. The predicted octanol–water partition coefficient (Wildman–Crippen LogP) is 0.338. The van der Waals surface area contributed by atoms with E-state index in [0.29, 0.717) is 17.9 Å². The van der Waals surface area contributed by atoms with Crippen molar-refractivity contribution in [3.63, 3.8) is 0 Å². The van der Waals surface area contributed by atoms with Crippen molar-refractivity contribution in [3.8, 4) is 0 Å². The van der Waals surface area contributed by atoms with E-state index >= 15 is 0 Å². The van der Waals surface area contributed by atoms with E-state index in [1.807, 2.05) is 24.0 Å². The standard InChI is InChI=1S/C14H20N4O2/c1-10-3-4-12(11(15)7-10)17-14(20)9-18-6-2-5-16-13(19)8-18/h3-4,7H,2,5-6,8-9,15H2,1H3,(H,16,19)(H,17,20). The highest BCUT2D eigenvalue weighted by Gasteiger charge is 2.17. The van der Waals surface area contributed by atoms with Crippen LogP contribution in [0.2, 0.25) is 0 Å². The summed E-state index contributed by atoms with van der Waals surface area (Å²) in [5.74, 6) is -0.194. The molecule has 6 nitrogen and oxygen atoms in total. The molecule has 1 aliphatic rings. The molecule has 6 heteroatoms. The van der Waals surface area contributed by atoms with Crippen LogP contribution in [0.4, 0.5) is 11.4 Å². The van der Waals surface area contributed by atoms with E-state index in [4.69, 9.17) is 5.73 Å². The molecule has 1 aliphatic heterocycles. The zero-order valence-electron chi connectivity index (χ0n) is 11.6. The minimum absolute atomic E-state index is 0.0369. The molecule has 0 spiro atoms. The molecule has 0 unspecified atom stereocenters. The molecule has 0 bridgehead atoms. The fraction of sp³-hybridized carbons (Fsp3) is 0.429. The van der Waals surface area contributed by atoms with Crippen LogP contribution >= 0.6 is 0 Å². The Morgan fingerprint density at radius 3 is 3.05 bits per heavy atom. The van der Waals surface area contributed by atoms with Crippen LogP contribution in [0.25, 0.3) is 0 Å². The van der Waals surface area contributed by atoms with Crippen LogP contribution in [-0.2, 0) is 9.59 Å². The normalized spacial score (nSPS) is 16.4. The molecule has 0 radical (unpaired) electrons. The topological polar surface area (TPSA) is 87.5 Å². The molecule has 20 heavy (non-hydrogen) atoms. The van der Waals surface area contributed by atoms with Crippen LogP contribution in [0.3, 0.4) is 0 Å². The molecule has 1 saturated heterocycles. The van der Waals surface area contributed by atoms with Gasteiger partial charge in [-0.25, -0.2) is 0 Å². The van der Waals surface area contributed by atoms with E-state index in [0.717, 1.165) is 18.5 Å². The van der Waals surface area contributed by atoms with Gasteiger partial charge in [0.15, 0.2) is 0 Å². The first-order chi connectivity index (χ1) is 9.54. The lowest BCUT2D eigenvalue weighted by Crippen LogP contribution is -2.38. The summed E-state index contributed by atoms with van der Waals surface area (Å²) in [6, 6.07) is 5.50. The van der Waals surface area contributed by atoms with Crippen molar-refractivity contribution < 1.29 is 9.59 Å². The van der Waals surface area contributed by atoms with Crippen LogP contribution < -0.4 is 16.4 Å². The van der Waals surface area contributed by atoms with E-state index in [1.165, 1.54) is 0 Å². The number of nitrogens with zero attached hydrogens (tertiary/aromatic N) is 1. The lowest BCUT2D eigenvalue weighted by Gasteiger charge is -2.18. The number of nitrogens with one attached hydrogen (secondary N) is 2. The van der Waals surface area contributed by atoms with E-state index in [2.05, 4.69) is 10.6 Å². The summed E-state index contributed by atoms with van der Waals surface area (Å²) >= 11 is 0. The van der Waals surface area contributed by atoms with E-state index in [1.54, 1.807) is 6.07 Å². The van der Waals surface area contributed by atoms with Crippen molar-refractivity contribution in [3.05, 3.63) is 23.8 Å². The molecule has 1 fully saturated rings. The maximum atomic E-state index is 12.0. The van der Waals surface area contributed by atoms with Gasteiger partial charge in [0.1, 0.15) is 0 Å². The molecular weight excluding hydrogens is 256 g/mol. The average Bonchev–Trinajstić information content (AvgIpc) is 2.57. The van der Waals surface area contributed by atoms with Crippen molar-refractivity contribution >= 4 is 23.2 Å². The van der Waals surface area contributed by atoms with Crippen LogP contribution in [0.5, 0.6) is 0 Å². The second-order valence-electron chi connectivity index (χ2n) is 5.05. The van der Waals surface area contributed by atoms with Crippen molar-refractivity contribution in [2.24, 2.45) is 0 Å². The number of hydrogen-bond acceptors (Lipinski definition) is 4. The summed E-state index contributed by atoms with van der Waals surface area (Å²) in [6.07, 6.45) is 0.853. The number of nitrogens with two attached hydrogens (primary N) is 1. The van der Waals surface area contributed by atoms with Crippen molar-refractivity contribution in [2.45, 2.75) is 13.3 Å².